The van der Waals surface area contributed by atoms with E-state index in [1.807, 2.05) is 6.92 Å². The van der Waals surface area contributed by atoms with E-state index in [9.17, 15) is 9.59 Å². The number of fused-ring (bicyclic) bond motifs is 3. The van der Waals surface area contributed by atoms with Crippen LogP contribution in [0.5, 0.6) is 0 Å². The zero-order valence-electron chi connectivity index (χ0n) is 10.2. The second-order valence-electron chi connectivity index (χ2n) is 4.28. The van der Waals surface area contributed by atoms with Crippen molar-refractivity contribution in [2.24, 2.45) is 0 Å². The number of H-pyrrole nitrogens is 1. The van der Waals surface area contributed by atoms with E-state index in [2.05, 4.69) is 10.2 Å². The first kappa shape index (κ1) is 12.0. The molecular formula is C12H11ClN4O2. The van der Waals surface area contributed by atoms with Crippen molar-refractivity contribution in [3.8, 4) is 0 Å². The summed E-state index contributed by atoms with van der Waals surface area (Å²) >= 11 is 5.94. The molecule has 6 nitrogen and oxygen atoms in total. The predicted octanol–water partition coefficient (Wildman–Crippen LogP) is 1.40. The number of nitrogens with one attached hydrogen (secondary N) is 1. The van der Waals surface area contributed by atoms with E-state index in [4.69, 9.17) is 11.6 Å². The van der Waals surface area contributed by atoms with Gasteiger partial charge < -0.3 is 0 Å². The summed E-state index contributed by atoms with van der Waals surface area (Å²) in [5, 5.41) is 7.21. The quantitative estimate of drug-likeness (QED) is 0.770. The summed E-state index contributed by atoms with van der Waals surface area (Å²) in [6.45, 7) is 2.46. The van der Waals surface area contributed by atoms with Crippen LogP contribution in [0.2, 0.25) is 5.02 Å². The fourth-order valence-corrected chi connectivity index (χ4v) is 2.39. The molecular weight excluding hydrogens is 268 g/mol. The van der Waals surface area contributed by atoms with Crippen molar-refractivity contribution in [3.05, 3.63) is 44.1 Å². The van der Waals surface area contributed by atoms with Gasteiger partial charge in [0.25, 0.3) is 5.56 Å². The van der Waals surface area contributed by atoms with Gasteiger partial charge in [-0.3, -0.25) is 9.36 Å². The van der Waals surface area contributed by atoms with Gasteiger partial charge in [0, 0.05) is 11.6 Å². The molecule has 0 saturated carbocycles. The van der Waals surface area contributed by atoms with Crippen molar-refractivity contribution in [2.75, 3.05) is 0 Å². The highest BCUT2D eigenvalue weighted by Crippen LogP contribution is 2.16. The Kier molecular flexibility index (Phi) is 2.67. The summed E-state index contributed by atoms with van der Waals surface area (Å²) in [7, 11) is 0. The van der Waals surface area contributed by atoms with Gasteiger partial charge in [-0.25, -0.2) is 14.3 Å². The summed E-state index contributed by atoms with van der Waals surface area (Å²) in [5.41, 5.74) is -0.0780. The number of aryl methyl sites for hydroxylation is 1. The van der Waals surface area contributed by atoms with E-state index < -0.39 is 0 Å². The number of rotatable bonds is 2. The maximum absolute atomic E-state index is 12.4. The fraction of sp³-hybridized carbons (Fsp3) is 0.250. The fourth-order valence-electron chi connectivity index (χ4n) is 2.22. The number of hydrogen-bond acceptors (Lipinski definition) is 3. The van der Waals surface area contributed by atoms with Crippen LogP contribution in [0, 0.1) is 0 Å². The first-order valence-corrected chi connectivity index (χ1v) is 6.30. The van der Waals surface area contributed by atoms with Crippen LogP contribution in [0.15, 0.2) is 27.8 Å². The molecule has 7 heteroatoms. The van der Waals surface area contributed by atoms with E-state index in [1.165, 1.54) is 8.97 Å². The smallest absolute Gasteiger partial charge is 0.276 e. The Hall–Kier alpha value is -2.08. The molecule has 0 atom stereocenters. The molecule has 0 unspecified atom stereocenters. The first-order chi connectivity index (χ1) is 9.13. The largest absolute Gasteiger partial charge is 0.349 e. The van der Waals surface area contributed by atoms with Crippen molar-refractivity contribution in [2.45, 2.75) is 19.9 Å². The van der Waals surface area contributed by atoms with Crippen molar-refractivity contribution in [1.82, 2.24) is 19.2 Å². The molecule has 0 spiro atoms. The third kappa shape index (κ3) is 1.67. The standard InChI is InChI=1S/C12H11ClN4O2/c1-2-5-16-10(18)8-4-3-7(13)6-9(8)17-11(16)14-15-12(17)19/h3-4,6H,2,5H2,1H3,(H,15,19). The second-order valence-corrected chi connectivity index (χ2v) is 4.72. The molecule has 0 saturated heterocycles. The van der Waals surface area contributed by atoms with Gasteiger partial charge in [0.1, 0.15) is 0 Å². The maximum atomic E-state index is 12.4. The molecule has 0 aliphatic rings. The molecule has 0 aliphatic carbocycles. The van der Waals surface area contributed by atoms with Crippen molar-refractivity contribution >= 4 is 28.3 Å². The lowest BCUT2D eigenvalue weighted by Crippen LogP contribution is -2.25. The zero-order chi connectivity index (χ0) is 13.6. The van der Waals surface area contributed by atoms with E-state index in [0.717, 1.165) is 6.42 Å². The van der Waals surface area contributed by atoms with Gasteiger partial charge in [0.15, 0.2) is 0 Å². The Labute approximate surface area is 112 Å². The summed E-state index contributed by atoms with van der Waals surface area (Å²) < 4.78 is 2.87. The number of hydrogen-bond donors (Lipinski definition) is 1. The molecule has 2 heterocycles. The van der Waals surface area contributed by atoms with Gasteiger partial charge in [0.05, 0.1) is 10.9 Å². The lowest BCUT2D eigenvalue weighted by molar-refractivity contribution is 0.663. The number of aromatic amines is 1. The van der Waals surface area contributed by atoms with Crippen LogP contribution < -0.4 is 11.2 Å². The molecule has 1 N–H and O–H groups in total. The van der Waals surface area contributed by atoms with Gasteiger partial charge in [-0.05, 0) is 24.6 Å². The molecule has 3 rings (SSSR count). The molecule has 3 aromatic rings. The number of nitrogens with zero attached hydrogens (tertiary/aromatic N) is 3. The Morgan fingerprint density at radius 3 is 2.89 bits per heavy atom. The Morgan fingerprint density at radius 1 is 1.37 bits per heavy atom. The third-order valence-corrected chi connectivity index (χ3v) is 3.25. The van der Waals surface area contributed by atoms with Gasteiger partial charge >= 0.3 is 5.69 Å². The van der Waals surface area contributed by atoms with Crippen LogP contribution in [0.4, 0.5) is 0 Å². The Bertz CT molecular complexity index is 890. The van der Waals surface area contributed by atoms with Crippen LogP contribution in [0.25, 0.3) is 16.7 Å². The van der Waals surface area contributed by atoms with E-state index in [1.54, 1.807) is 18.2 Å². The number of halogens is 1. The number of benzene rings is 1. The van der Waals surface area contributed by atoms with Crippen molar-refractivity contribution in [1.29, 1.82) is 0 Å². The van der Waals surface area contributed by atoms with Gasteiger partial charge in [0.2, 0.25) is 5.78 Å². The monoisotopic (exact) mass is 278 g/mol. The van der Waals surface area contributed by atoms with Gasteiger partial charge in [-0.1, -0.05) is 18.5 Å². The Balaban J connectivity index is 2.63. The van der Waals surface area contributed by atoms with Crippen LogP contribution >= 0.6 is 11.6 Å². The molecule has 0 radical (unpaired) electrons. The van der Waals surface area contributed by atoms with Crippen molar-refractivity contribution < 1.29 is 0 Å². The molecule has 98 valence electrons. The zero-order valence-corrected chi connectivity index (χ0v) is 10.9. The average Bonchev–Trinajstić information content (AvgIpc) is 2.76. The van der Waals surface area contributed by atoms with Gasteiger partial charge in [-0.2, -0.15) is 0 Å². The molecule has 1 aromatic carbocycles. The summed E-state index contributed by atoms with van der Waals surface area (Å²) in [4.78, 5) is 24.3. The first-order valence-electron chi connectivity index (χ1n) is 5.92. The number of aromatic nitrogens is 4. The van der Waals surface area contributed by atoms with E-state index >= 15 is 0 Å². The minimum Gasteiger partial charge on any atom is -0.276 e. The summed E-state index contributed by atoms with van der Waals surface area (Å²) in [6, 6.07) is 4.86. The molecule has 0 aliphatic heterocycles. The topological polar surface area (TPSA) is 72.2 Å². The van der Waals surface area contributed by atoms with Gasteiger partial charge in [-0.15, -0.1) is 5.10 Å². The average molecular weight is 279 g/mol. The molecule has 19 heavy (non-hydrogen) atoms. The van der Waals surface area contributed by atoms with Crippen molar-refractivity contribution in [3.63, 3.8) is 0 Å². The highest BCUT2D eigenvalue weighted by Gasteiger charge is 2.14. The minimum absolute atomic E-state index is 0.167. The lowest BCUT2D eigenvalue weighted by Gasteiger charge is -2.08. The van der Waals surface area contributed by atoms with Crippen LogP contribution in [0.1, 0.15) is 13.3 Å². The second kappa shape index (κ2) is 4.24. The maximum Gasteiger partial charge on any atom is 0.349 e. The predicted molar refractivity (Wildman–Crippen MR) is 72.9 cm³/mol. The lowest BCUT2D eigenvalue weighted by atomic mass is 10.2. The van der Waals surface area contributed by atoms with Crippen LogP contribution in [-0.4, -0.2) is 19.2 Å². The van der Waals surface area contributed by atoms with Crippen LogP contribution in [0.3, 0.4) is 0 Å². The summed E-state index contributed by atoms with van der Waals surface area (Å²) in [5.74, 6) is 0.312. The van der Waals surface area contributed by atoms with E-state index in [0.29, 0.717) is 28.2 Å². The minimum atomic E-state index is -0.382. The molecule has 2 aromatic heterocycles. The highest BCUT2D eigenvalue weighted by atomic mass is 35.5. The third-order valence-electron chi connectivity index (χ3n) is 3.02. The molecule has 0 bridgehead atoms. The Morgan fingerprint density at radius 2 is 2.16 bits per heavy atom. The summed E-state index contributed by atoms with van der Waals surface area (Å²) in [6.07, 6.45) is 0.774. The normalized spacial score (nSPS) is 11.5. The molecule has 0 fully saturated rings. The van der Waals surface area contributed by atoms with E-state index in [-0.39, 0.29) is 11.2 Å². The SMILES string of the molecule is CCCn1c(=O)c2ccc(Cl)cc2n2c(=O)[nH]nc12. The molecule has 0 amide bonds. The highest BCUT2D eigenvalue weighted by molar-refractivity contribution is 6.31. The van der Waals surface area contributed by atoms with Crippen LogP contribution in [-0.2, 0) is 6.54 Å².